The highest BCUT2D eigenvalue weighted by molar-refractivity contribution is 9.10. The number of ether oxygens (including phenoxy) is 2. The molecule has 7 heteroatoms. The molecule has 4 nitrogen and oxygen atoms in total. The van der Waals surface area contributed by atoms with Gasteiger partial charge in [0.05, 0.1) is 29.6 Å². The first-order valence-corrected chi connectivity index (χ1v) is 5.51. The van der Waals surface area contributed by atoms with E-state index in [9.17, 15) is 13.6 Å². The van der Waals surface area contributed by atoms with E-state index in [1.54, 1.807) is 0 Å². The molecule has 1 aromatic carbocycles. The lowest BCUT2D eigenvalue weighted by Gasteiger charge is -2.10. The molecule has 0 N–H and O–H groups in total. The maximum absolute atomic E-state index is 12.1. The van der Waals surface area contributed by atoms with E-state index in [2.05, 4.69) is 25.4 Å². The number of benzene rings is 1. The van der Waals surface area contributed by atoms with Gasteiger partial charge in [0, 0.05) is 0 Å². The van der Waals surface area contributed by atoms with Gasteiger partial charge in [-0.1, -0.05) is 0 Å². The van der Waals surface area contributed by atoms with Crippen LogP contribution in [0.5, 0.6) is 5.75 Å². The molecule has 0 fully saturated rings. The van der Waals surface area contributed by atoms with E-state index < -0.39 is 12.6 Å². The van der Waals surface area contributed by atoms with Gasteiger partial charge in [0.2, 0.25) is 0 Å². The van der Waals surface area contributed by atoms with Crippen LogP contribution in [-0.2, 0) is 16.0 Å². The van der Waals surface area contributed by atoms with Crippen molar-refractivity contribution in [2.75, 3.05) is 7.11 Å². The van der Waals surface area contributed by atoms with Crippen molar-refractivity contribution < 1.29 is 23.0 Å². The molecule has 0 heterocycles. The van der Waals surface area contributed by atoms with Gasteiger partial charge in [-0.25, -0.2) is 0 Å². The molecular weight excluding hydrogens is 312 g/mol. The van der Waals surface area contributed by atoms with Crippen LogP contribution in [0, 0.1) is 11.3 Å². The van der Waals surface area contributed by atoms with Crippen LogP contribution in [0.2, 0.25) is 0 Å². The number of alkyl halides is 2. The molecule has 0 saturated heterocycles. The van der Waals surface area contributed by atoms with Crippen molar-refractivity contribution in [3.8, 4) is 11.8 Å². The van der Waals surface area contributed by atoms with Crippen molar-refractivity contribution >= 4 is 21.9 Å². The van der Waals surface area contributed by atoms with Gasteiger partial charge < -0.3 is 9.47 Å². The summed E-state index contributed by atoms with van der Waals surface area (Å²) in [4.78, 5) is 11.1. The maximum Gasteiger partial charge on any atom is 0.387 e. The summed E-state index contributed by atoms with van der Waals surface area (Å²) in [6, 6.07) is 4.40. The highest BCUT2D eigenvalue weighted by atomic mass is 79.9. The minimum absolute atomic E-state index is 0.136. The SMILES string of the molecule is COC(=O)Cc1cc(OC(F)F)c(Br)cc1C#N. The lowest BCUT2D eigenvalue weighted by atomic mass is 10.1. The van der Waals surface area contributed by atoms with Gasteiger partial charge in [0.25, 0.3) is 0 Å². The summed E-state index contributed by atoms with van der Waals surface area (Å²) >= 11 is 3.01. The number of nitrogens with zero attached hydrogens (tertiary/aromatic N) is 1. The van der Waals surface area contributed by atoms with Crippen molar-refractivity contribution in [1.29, 1.82) is 5.26 Å². The van der Waals surface area contributed by atoms with Crippen molar-refractivity contribution in [1.82, 2.24) is 0 Å². The molecule has 0 amide bonds. The number of esters is 1. The third-order valence-corrected chi connectivity index (χ3v) is 2.68. The molecule has 0 aromatic heterocycles. The van der Waals surface area contributed by atoms with E-state index in [0.29, 0.717) is 0 Å². The van der Waals surface area contributed by atoms with Crippen molar-refractivity contribution in [3.05, 3.63) is 27.7 Å². The van der Waals surface area contributed by atoms with Crippen LogP contribution < -0.4 is 4.74 Å². The normalized spacial score (nSPS) is 10.0. The molecule has 0 aliphatic heterocycles. The van der Waals surface area contributed by atoms with Gasteiger partial charge >= 0.3 is 12.6 Å². The fourth-order valence-electron chi connectivity index (χ4n) is 1.26. The molecule has 18 heavy (non-hydrogen) atoms. The van der Waals surface area contributed by atoms with Crippen LogP contribution in [0.3, 0.4) is 0 Å². The quantitative estimate of drug-likeness (QED) is 0.800. The predicted molar refractivity (Wildman–Crippen MR) is 61.2 cm³/mol. The van der Waals surface area contributed by atoms with E-state index in [0.717, 1.165) is 0 Å². The van der Waals surface area contributed by atoms with E-state index in [1.165, 1.54) is 19.2 Å². The second-order valence-electron chi connectivity index (χ2n) is 3.18. The molecule has 0 unspecified atom stereocenters. The monoisotopic (exact) mass is 319 g/mol. The Hall–Kier alpha value is -1.68. The molecule has 96 valence electrons. The number of nitriles is 1. The molecule has 0 radical (unpaired) electrons. The summed E-state index contributed by atoms with van der Waals surface area (Å²) in [7, 11) is 1.20. The molecule has 0 saturated carbocycles. The van der Waals surface area contributed by atoms with Crippen molar-refractivity contribution in [2.24, 2.45) is 0 Å². The first-order chi connectivity index (χ1) is 8.47. The number of hydrogen-bond donors (Lipinski definition) is 0. The third kappa shape index (κ3) is 3.67. The van der Waals surface area contributed by atoms with E-state index in [-0.39, 0.29) is 27.8 Å². The fourth-order valence-corrected chi connectivity index (χ4v) is 1.70. The summed E-state index contributed by atoms with van der Waals surface area (Å²) in [6.45, 7) is -2.99. The minimum atomic E-state index is -2.99. The Morgan fingerprint density at radius 3 is 2.72 bits per heavy atom. The molecule has 1 aromatic rings. The van der Waals surface area contributed by atoms with Gasteiger partial charge in [-0.05, 0) is 33.6 Å². The van der Waals surface area contributed by atoms with Gasteiger partial charge in [-0.2, -0.15) is 14.0 Å². The van der Waals surface area contributed by atoms with E-state index in [4.69, 9.17) is 5.26 Å². The molecule has 1 rings (SSSR count). The lowest BCUT2D eigenvalue weighted by Crippen LogP contribution is -2.08. The molecular formula is C11H8BrF2NO3. The molecule has 0 bridgehead atoms. The average Bonchev–Trinajstić information content (AvgIpc) is 2.32. The Labute approximate surface area is 110 Å². The Balaban J connectivity index is 3.14. The Morgan fingerprint density at radius 1 is 1.56 bits per heavy atom. The summed E-state index contributed by atoms with van der Waals surface area (Å²) in [5.41, 5.74) is 0.456. The van der Waals surface area contributed by atoms with Crippen LogP contribution in [0.25, 0.3) is 0 Å². The van der Waals surface area contributed by atoms with E-state index in [1.807, 2.05) is 6.07 Å². The topological polar surface area (TPSA) is 59.3 Å². The molecule has 0 aliphatic carbocycles. The van der Waals surface area contributed by atoms with Gasteiger partial charge in [-0.15, -0.1) is 0 Å². The number of methoxy groups -OCH3 is 1. The first-order valence-electron chi connectivity index (χ1n) is 4.72. The van der Waals surface area contributed by atoms with Crippen LogP contribution in [0.1, 0.15) is 11.1 Å². The smallest absolute Gasteiger partial charge is 0.387 e. The Kier molecular flexibility index (Phi) is 5.04. The standard InChI is InChI=1S/C11H8BrF2NO3/c1-17-10(16)4-6-3-9(18-11(13)14)8(12)2-7(6)5-15/h2-3,11H,4H2,1H3. The number of hydrogen-bond acceptors (Lipinski definition) is 4. The molecule has 0 atom stereocenters. The summed E-state index contributed by atoms with van der Waals surface area (Å²) < 4.78 is 33.2. The zero-order valence-corrected chi connectivity index (χ0v) is 10.8. The second kappa shape index (κ2) is 6.31. The number of carbonyl (C=O) groups is 1. The van der Waals surface area contributed by atoms with E-state index >= 15 is 0 Å². The zero-order valence-electron chi connectivity index (χ0n) is 9.25. The lowest BCUT2D eigenvalue weighted by molar-refractivity contribution is -0.139. The van der Waals surface area contributed by atoms with Gasteiger partial charge in [-0.3, -0.25) is 4.79 Å². The summed E-state index contributed by atoms with van der Waals surface area (Å²) in [6.07, 6.45) is -0.188. The van der Waals surface area contributed by atoms with Crippen molar-refractivity contribution in [3.63, 3.8) is 0 Å². The molecule has 0 aliphatic rings. The van der Waals surface area contributed by atoms with Crippen LogP contribution in [-0.4, -0.2) is 19.7 Å². The maximum atomic E-state index is 12.1. The zero-order chi connectivity index (χ0) is 13.7. The minimum Gasteiger partial charge on any atom is -0.469 e. The van der Waals surface area contributed by atoms with Crippen molar-refractivity contribution in [2.45, 2.75) is 13.0 Å². The summed E-state index contributed by atoms with van der Waals surface area (Å²) in [5, 5.41) is 8.89. The number of carbonyl (C=O) groups excluding carboxylic acids is 1. The first kappa shape index (κ1) is 14.4. The number of halogens is 3. The van der Waals surface area contributed by atoms with Gasteiger partial charge in [0.15, 0.2) is 0 Å². The van der Waals surface area contributed by atoms with Crippen LogP contribution >= 0.6 is 15.9 Å². The second-order valence-corrected chi connectivity index (χ2v) is 4.04. The average molecular weight is 320 g/mol. The van der Waals surface area contributed by atoms with Crippen LogP contribution in [0.4, 0.5) is 8.78 Å². The highest BCUT2D eigenvalue weighted by Gasteiger charge is 2.15. The Bertz CT molecular complexity index is 500. The predicted octanol–water partition coefficient (Wildman–Crippen LogP) is 2.64. The van der Waals surface area contributed by atoms with Gasteiger partial charge in [0.1, 0.15) is 5.75 Å². The highest BCUT2D eigenvalue weighted by Crippen LogP contribution is 2.30. The number of rotatable bonds is 4. The van der Waals surface area contributed by atoms with Crippen LogP contribution in [0.15, 0.2) is 16.6 Å². The summed E-state index contributed by atoms with van der Waals surface area (Å²) in [5.74, 6) is -0.709. The fraction of sp³-hybridized carbons (Fsp3) is 0.273. The Morgan fingerprint density at radius 2 is 2.22 bits per heavy atom. The third-order valence-electron chi connectivity index (χ3n) is 2.06. The largest absolute Gasteiger partial charge is 0.469 e. The molecule has 0 spiro atoms.